The second kappa shape index (κ2) is 11.2. The first kappa shape index (κ1) is 22.5. The normalized spacial score (nSPS) is 19.8. The molecule has 156 valence electrons. The van der Waals surface area contributed by atoms with E-state index < -0.39 is 0 Å². The van der Waals surface area contributed by atoms with Crippen molar-refractivity contribution in [3.05, 3.63) is 29.8 Å². The van der Waals surface area contributed by atoms with Gasteiger partial charge in [0.05, 0.1) is 6.10 Å². The van der Waals surface area contributed by atoms with Crippen molar-refractivity contribution in [3.63, 3.8) is 0 Å². The van der Waals surface area contributed by atoms with Gasteiger partial charge in [-0.1, -0.05) is 25.1 Å². The van der Waals surface area contributed by atoms with Crippen LogP contribution in [0.15, 0.2) is 24.3 Å². The molecule has 2 aliphatic rings. The number of amides is 2. The molecule has 3 N–H and O–H groups in total. The fraction of sp³-hybridized carbons (Fsp3) is 0.600. The van der Waals surface area contributed by atoms with E-state index in [4.69, 9.17) is 9.47 Å². The highest BCUT2D eigenvalue weighted by Crippen LogP contribution is 2.19. The summed E-state index contributed by atoms with van der Waals surface area (Å²) in [4.78, 5) is 24.3. The highest BCUT2D eigenvalue weighted by atomic mass is 35.5. The van der Waals surface area contributed by atoms with Gasteiger partial charge in [0, 0.05) is 31.2 Å². The fourth-order valence-corrected chi connectivity index (χ4v) is 3.24. The highest BCUT2D eigenvalue weighted by molar-refractivity contribution is 5.85. The fourth-order valence-electron chi connectivity index (χ4n) is 3.24. The molecule has 2 fully saturated rings. The van der Waals surface area contributed by atoms with Crippen LogP contribution in [0.2, 0.25) is 0 Å². The van der Waals surface area contributed by atoms with E-state index in [1.165, 1.54) is 0 Å². The van der Waals surface area contributed by atoms with E-state index in [9.17, 15) is 9.59 Å². The molecule has 0 saturated carbocycles. The van der Waals surface area contributed by atoms with Gasteiger partial charge in [-0.3, -0.25) is 9.59 Å². The Hall–Kier alpha value is -1.83. The molecular formula is C20H30ClN3O4. The molecule has 1 aromatic carbocycles. The van der Waals surface area contributed by atoms with E-state index in [-0.39, 0.29) is 42.9 Å². The Morgan fingerprint density at radius 3 is 2.75 bits per heavy atom. The van der Waals surface area contributed by atoms with Crippen LogP contribution in [0.1, 0.15) is 25.3 Å². The largest absolute Gasteiger partial charge is 0.483 e. The van der Waals surface area contributed by atoms with Crippen molar-refractivity contribution < 1.29 is 19.1 Å². The van der Waals surface area contributed by atoms with Crippen LogP contribution in [0.25, 0.3) is 0 Å². The number of hydrogen-bond donors (Lipinski definition) is 3. The lowest BCUT2D eigenvalue weighted by atomic mass is 9.88. The van der Waals surface area contributed by atoms with Crippen molar-refractivity contribution in [2.45, 2.75) is 32.4 Å². The third-order valence-corrected chi connectivity index (χ3v) is 5.27. The molecule has 2 amide bonds. The number of hydrogen-bond acceptors (Lipinski definition) is 5. The highest BCUT2D eigenvalue weighted by Gasteiger charge is 2.28. The molecular weight excluding hydrogens is 382 g/mol. The topological polar surface area (TPSA) is 88.7 Å². The predicted molar refractivity (Wildman–Crippen MR) is 109 cm³/mol. The number of halogens is 1. The SMILES string of the molecule is CC(C(=O)NCc1ccccc1OCC(=O)NCC1CCCO1)C1CNC1.Cl. The molecule has 28 heavy (non-hydrogen) atoms. The predicted octanol–water partition coefficient (Wildman–Crippen LogP) is 1.25. The van der Waals surface area contributed by atoms with E-state index in [1.54, 1.807) is 0 Å². The molecule has 1 aromatic rings. The summed E-state index contributed by atoms with van der Waals surface area (Å²) in [6, 6.07) is 7.46. The van der Waals surface area contributed by atoms with Crippen LogP contribution in [-0.2, 0) is 20.9 Å². The number of para-hydroxylation sites is 1. The lowest BCUT2D eigenvalue weighted by Gasteiger charge is -2.31. The first-order chi connectivity index (χ1) is 13.1. The molecule has 0 aliphatic carbocycles. The average Bonchev–Trinajstić information content (AvgIpc) is 3.15. The van der Waals surface area contributed by atoms with E-state index >= 15 is 0 Å². The second-order valence-corrected chi connectivity index (χ2v) is 7.26. The molecule has 2 atom stereocenters. The summed E-state index contributed by atoms with van der Waals surface area (Å²) in [5.41, 5.74) is 0.858. The van der Waals surface area contributed by atoms with Crippen LogP contribution in [0.3, 0.4) is 0 Å². The van der Waals surface area contributed by atoms with Gasteiger partial charge in [-0.2, -0.15) is 0 Å². The number of rotatable bonds is 9. The Kier molecular flexibility index (Phi) is 9.02. The van der Waals surface area contributed by atoms with E-state index in [1.807, 2.05) is 31.2 Å². The smallest absolute Gasteiger partial charge is 0.258 e. The van der Waals surface area contributed by atoms with Gasteiger partial charge in [0.25, 0.3) is 5.91 Å². The maximum Gasteiger partial charge on any atom is 0.258 e. The minimum Gasteiger partial charge on any atom is -0.483 e. The van der Waals surface area contributed by atoms with Crippen molar-refractivity contribution in [2.75, 3.05) is 32.8 Å². The Morgan fingerprint density at radius 2 is 2.07 bits per heavy atom. The van der Waals surface area contributed by atoms with Gasteiger partial charge in [0.1, 0.15) is 5.75 Å². The van der Waals surface area contributed by atoms with Crippen LogP contribution in [0.4, 0.5) is 0 Å². The molecule has 2 heterocycles. The molecule has 0 bridgehead atoms. The summed E-state index contributed by atoms with van der Waals surface area (Å²) in [5.74, 6) is 0.885. The first-order valence-corrected chi connectivity index (χ1v) is 9.71. The Bertz CT molecular complexity index is 648. The molecule has 0 spiro atoms. The van der Waals surface area contributed by atoms with Gasteiger partial charge in [-0.15, -0.1) is 12.4 Å². The second-order valence-electron chi connectivity index (χ2n) is 7.26. The summed E-state index contributed by atoms with van der Waals surface area (Å²) in [5, 5.41) is 9.00. The molecule has 0 aromatic heterocycles. The molecule has 3 rings (SSSR count). The third kappa shape index (κ3) is 6.36. The van der Waals surface area contributed by atoms with E-state index in [2.05, 4.69) is 16.0 Å². The lowest BCUT2D eigenvalue weighted by Crippen LogP contribution is -2.49. The molecule has 2 unspecified atom stereocenters. The summed E-state index contributed by atoms with van der Waals surface area (Å²) in [6.45, 7) is 5.38. The van der Waals surface area contributed by atoms with Crippen LogP contribution in [0.5, 0.6) is 5.75 Å². The Balaban J connectivity index is 0.00000280. The minimum absolute atomic E-state index is 0. The van der Waals surface area contributed by atoms with E-state index in [0.717, 1.165) is 38.1 Å². The third-order valence-electron chi connectivity index (χ3n) is 5.27. The average molecular weight is 412 g/mol. The standard InChI is InChI=1S/C20H29N3O4.ClH/c1-14(16-9-21-10-16)20(25)23-11-15-5-2-3-7-18(15)27-13-19(24)22-12-17-6-4-8-26-17;/h2-3,5,7,14,16-17,21H,4,6,8-13H2,1H3,(H,22,24)(H,23,25);1H. The number of ether oxygens (including phenoxy) is 2. The van der Waals surface area contributed by atoms with Crippen molar-refractivity contribution in [3.8, 4) is 5.75 Å². The van der Waals surface area contributed by atoms with Crippen molar-refractivity contribution in [2.24, 2.45) is 11.8 Å². The zero-order valence-corrected chi connectivity index (χ0v) is 17.1. The Labute approximate surface area is 172 Å². The van der Waals surface area contributed by atoms with Crippen LogP contribution in [-0.4, -0.2) is 50.8 Å². The van der Waals surface area contributed by atoms with Crippen LogP contribution in [0, 0.1) is 11.8 Å². The zero-order chi connectivity index (χ0) is 19.1. The van der Waals surface area contributed by atoms with Gasteiger partial charge in [-0.05, 0) is 37.9 Å². The maximum absolute atomic E-state index is 12.3. The summed E-state index contributed by atoms with van der Waals surface area (Å²) < 4.78 is 11.2. The Morgan fingerprint density at radius 1 is 1.29 bits per heavy atom. The molecule has 2 aliphatic heterocycles. The molecule has 0 radical (unpaired) electrons. The van der Waals surface area contributed by atoms with Crippen molar-refractivity contribution >= 4 is 24.2 Å². The molecule has 8 heteroatoms. The number of nitrogens with one attached hydrogen (secondary N) is 3. The maximum atomic E-state index is 12.3. The number of benzene rings is 1. The summed E-state index contributed by atoms with van der Waals surface area (Å²) in [6.07, 6.45) is 2.15. The van der Waals surface area contributed by atoms with Crippen molar-refractivity contribution in [1.82, 2.24) is 16.0 Å². The van der Waals surface area contributed by atoms with Gasteiger partial charge >= 0.3 is 0 Å². The van der Waals surface area contributed by atoms with Gasteiger partial charge in [-0.25, -0.2) is 0 Å². The van der Waals surface area contributed by atoms with Crippen LogP contribution >= 0.6 is 12.4 Å². The monoisotopic (exact) mass is 411 g/mol. The van der Waals surface area contributed by atoms with Gasteiger partial charge in [0.15, 0.2) is 6.61 Å². The summed E-state index contributed by atoms with van der Waals surface area (Å²) >= 11 is 0. The summed E-state index contributed by atoms with van der Waals surface area (Å²) in [7, 11) is 0. The van der Waals surface area contributed by atoms with Crippen LogP contribution < -0.4 is 20.7 Å². The number of carbonyl (C=O) groups is 2. The first-order valence-electron chi connectivity index (χ1n) is 9.71. The quantitative estimate of drug-likeness (QED) is 0.569. The lowest BCUT2D eigenvalue weighted by molar-refractivity contribution is -0.127. The number of carbonyl (C=O) groups excluding carboxylic acids is 2. The van der Waals surface area contributed by atoms with E-state index in [0.29, 0.717) is 24.8 Å². The molecule has 2 saturated heterocycles. The van der Waals surface area contributed by atoms with Gasteiger partial charge < -0.3 is 25.4 Å². The molecule has 7 nitrogen and oxygen atoms in total. The van der Waals surface area contributed by atoms with Crippen molar-refractivity contribution in [1.29, 1.82) is 0 Å². The zero-order valence-electron chi connectivity index (χ0n) is 16.2. The minimum atomic E-state index is -0.171. The van der Waals surface area contributed by atoms with Gasteiger partial charge in [0.2, 0.25) is 5.91 Å².